The average molecular weight is 352 g/mol. The highest BCUT2D eigenvalue weighted by atomic mass is 16.1. The molecular formula is C20H24N4O2. The molecule has 6 heteroatoms. The molecule has 6 nitrogen and oxygen atoms in total. The lowest BCUT2D eigenvalue weighted by Gasteiger charge is -2.34. The fourth-order valence-corrected chi connectivity index (χ4v) is 4.06. The van der Waals surface area contributed by atoms with Gasteiger partial charge in [0.2, 0.25) is 0 Å². The van der Waals surface area contributed by atoms with E-state index in [0.717, 1.165) is 43.5 Å². The number of rotatable bonds is 4. The van der Waals surface area contributed by atoms with Crippen molar-refractivity contribution in [3.63, 3.8) is 0 Å². The molecule has 3 aromatic rings. The van der Waals surface area contributed by atoms with E-state index in [-0.39, 0.29) is 23.3 Å². The SMILES string of the molecule is C[C@H](CN1CCC(n2c(=O)[nH]c3ccccc32)CC1)n1ccccc1=O. The average Bonchev–Trinajstić information content (AvgIpc) is 2.98. The Hall–Kier alpha value is -2.60. The minimum atomic E-state index is -0.0196. The second kappa shape index (κ2) is 6.96. The van der Waals surface area contributed by atoms with Crippen molar-refractivity contribution >= 4 is 11.0 Å². The molecule has 1 saturated heterocycles. The van der Waals surface area contributed by atoms with Crippen LogP contribution in [-0.2, 0) is 0 Å². The largest absolute Gasteiger partial charge is 0.326 e. The van der Waals surface area contributed by atoms with Gasteiger partial charge in [0.1, 0.15) is 0 Å². The summed E-state index contributed by atoms with van der Waals surface area (Å²) in [5.41, 5.74) is 1.91. The molecule has 0 radical (unpaired) electrons. The monoisotopic (exact) mass is 352 g/mol. The van der Waals surface area contributed by atoms with E-state index in [1.807, 2.05) is 41.1 Å². The smallest absolute Gasteiger partial charge is 0.311 e. The number of imidazole rings is 1. The molecule has 1 aromatic carbocycles. The molecule has 0 spiro atoms. The Bertz CT molecular complexity index is 1010. The quantitative estimate of drug-likeness (QED) is 0.784. The lowest BCUT2D eigenvalue weighted by molar-refractivity contribution is 0.167. The van der Waals surface area contributed by atoms with E-state index in [4.69, 9.17) is 0 Å². The number of para-hydroxylation sites is 2. The van der Waals surface area contributed by atoms with Crippen molar-refractivity contribution in [1.29, 1.82) is 0 Å². The Morgan fingerprint density at radius 2 is 1.81 bits per heavy atom. The topological polar surface area (TPSA) is 63.0 Å². The van der Waals surface area contributed by atoms with Crippen LogP contribution in [0.5, 0.6) is 0 Å². The van der Waals surface area contributed by atoms with Crippen LogP contribution in [0, 0.1) is 0 Å². The number of pyridine rings is 1. The van der Waals surface area contributed by atoms with Gasteiger partial charge in [-0.05, 0) is 38.0 Å². The summed E-state index contributed by atoms with van der Waals surface area (Å²) in [5, 5.41) is 0. The summed E-state index contributed by atoms with van der Waals surface area (Å²) < 4.78 is 3.70. The first-order chi connectivity index (χ1) is 12.6. The molecule has 1 atom stereocenters. The number of nitrogens with zero attached hydrogens (tertiary/aromatic N) is 3. The lowest BCUT2D eigenvalue weighted by Crippen LogP contribution is -2.40. The van der Waals surface area contributed by atoms with Crippen LogP contribution < -0.4 is 11.2 Å². The van der Waals surface area contributed by atoms with Gasteiger partial charge in [0.25, 0.3) is 5.56 Å². The molecule has 1 aliphatic rings. The van der Waals surface area contributed by atoms with Crippen molar-refractivity contribution in [1.82, 2.24) is 19.0 Å². The fourth-order valence-electron chi connectivity index (χ4n) is 4.06. The van der Waals surface area contributed by atoms with E-state index in [2.05, 4.69) is 16.8 Å². The Morgan fingerprint density at radius 1 is 1.08 bits per heavy atom. The van der Waals surface area contributed by atoms with Crippen molar-refractivity contribution in [3.05, 3.63) is 69.5 Å². The molecule has 1 aliphatic heterocycles. The predicted octanol–water partition coefficient (Wildman–Crippen LogP) is 2.39. The molecule has 0 saturated carbocycles. The van der Waals surface area contributed by atoms with E-state index >= 15 is 0 Å². The predicted molar refractivity (Wildman–Crippen MR) is 103 cm³/mol. The van der Waals surface area contributed by atoms with Crippen molar-refractivity contribution < 1.29 is 0 Å². The van der Waals surface area contributed by atoms with Crippen LogP contribution in [-0.4, -0.2) is 38.7 Å². The number of nitrogens with one attached hydrogen (secondary N) is 1. The Kier molecular flexibility index (Phi) is 4.51. The van der Waals surface area contributed by atoms with Gasteiger partial charge in [-0.1, -0.05) is 18.2 Å². The van der Waals surface area contributed by atoms with Gasteiger partial charge in [-0.3, -0.25) is 9.36 Å². The summed E-state index contributed by atoms with van der Waals surface area (Å²) in [6.07, 6.45) is 3.74. The minimum absolute atomic E-state index is 0.0196. The first-order valence-electron chi connectivity index (χ1n) is 9.22. The zero-order valence-electron chi connectivity index (χ0n) is 15.0. The molecule has 0 bridgehead atoms. The molecule has 4 rings (SSSR count). The standard InChI is InChI=1S/C20H24N4O2/c1-15(23-11-5-4-8-19(23)25)14-22-12-9-16(10-13-22)24-18-7-3-2-6-17(18)21-20(24)26/h2-8,11,15-16H,9-10,12-14H2,1H3,(H,21,26)/t15-/m1/s1. The summed E-state index contributed by atoms with van der Waals surface area (Å²) in [4.78, 5) is 29.7. The van der Waals surface area contributed by atoms with E-state index in [9.17, 15) is 9.59 Å². The molecule has 1 N–H and O–H groups in total. The number of aromatic nitrogens is 3. The molecule has 0 unspecified atom stereocenters. The van der Waals surface area contributed by atoms with E-state index in [1.54, 1.807) is 16.7 Å². The Balaban J connectivity index is 1.44. The normalized spacial score (nSPS) is 17.6. The number of hydrogen-bond donors (Lipinski definition) is 1. The Labute approximate surface area is 151 Å². The summed E-state index contributed by atoms with van der Waals surface area (Å²) >= 11 is 0. The van der Waals surface area contributed by atoms with Crippen molar-refractivity contribution in [3.8, 4) is 0 Å². The van der Waals surface area contributed by atoms with Crippen LogP contribution in [0.1, 0.15) is 31.8 Å². The number of H-pyrrole nitrogens is 1. The maximum atomic E-state index is 12.4. The van der Waals surface area contributed by atoms with Crippen LogP contribution >= 0.6 is 0 Å². The molecule has 136 valence electrons. The number of benzene rings is 1. The third-order valence-electron chi connectivity index (χ3n) is 5.39. The van der Waals surface area contributed by atoms with E-state index < -0.39 is 0 Å². The summed E-state index contributed by atoms with van der Waals surface area (Å²) in [7, 11) is 0. The minimum Gasteiger partial charge on any atom is -0.311 e. The van der Waals surface area contributed by atoms with E-state index in [1.165, 1.54) is 0 Å². The van der Waals surface area contributed by atoms with Crippen molar-refractivity contribution in [2.75, 3.05) is 19.6 Å². The van der Waals surface area contributed by atoms with Gasteiger partial charge in [0.05, 0.1) is 11.0 Å². The van der Waals surface area contributed by atoms with Crippen LogP contribution in [0.4, 0.5) is 0 Å². The Morgan fingerprint density at radius 3 is 2.58 bits per heavy atom. The lowest BCUT2D eigenvalue weighted by atomic mass is 10.0. The van der Waals surface area contributed by atoms with Gasteiger partial charge in [0, 0.05) is 44.0 Å². The van der Waals surface area contributed by atoms with Gasteiger partial charge < -0.3 is 14.5 Å². The fraction of sp³-hybridized carbons (Fsp3) is 0.400. The van der Waals surface area contributed by atoms with Crippen molar-refractivity contribution in [2.24, 2.45) is 0 Å². The third kappa shape index (κ3) is 3.12. The molecule has 2 aromatic heterocycles. The van der Waals surface area contributed by atoms with Crippen LogP contribution in [0.2, 0.25) is 0 Å². The molecule has 26 heavy (non-hydrogen) atoms. The highest BCUT2D eigenvalue weighted by Gasteiger charge is 2.24. The zero-order chi connectivity index (χ0) is 18.1. The highest BCUT2D eigenvalue weighted by Crippen LogP contribution is 2.25. The van der Waals surface area contributed by atoms with Gasteiger partial charge in [-0.15, -0.1) is 0 Å². The highest BCUT2D eigenvalue weighted by molar-refractivity contribution is 5.75. The second-order valence-corrected chi connectivity index (χ2v) is 7.14. The van der Waals surface area contributed by atoms with Crippen LogP contribution in [0.3, 0.4) is 0 Å². The number of likely N-dealkylation sites (tertiary alicyclic amines) is 1. The van der Waals surface area contributed by atoms with Gasteiger partial charge in [0.15, 0.2) is 0 Å². The first kappa shape index (κ1) is 16.8. The number of fused-ring (bicyclic) bond motifs is 1. The molecule has 0 amide bonds. The maximum absolute atomic E-state index is 12.4. The van der Waals surface area contributed by atoms with Gasteiger partial charge >= 0.3 is 5.69 Å². The summed E-state index contributed by atoms with van der Waals surface area (Å²) in [6, 6.07) is 13.5. The van der Waals surface area contributed by atoms with Gasteiger partial charge in [-0.25, -0.2) is 4.79 Å². The number of hydrogen-bond acceptors (Lipinski definition) is 3. The first-order valence-corrected chi connectivity index (χ1v) is 9.22. The van der Waals surface area contributed by atoms with Crippen molar-refractivity contribution in [2.45, 2.75) is 31.8 Å². The van der Waals surface area contributed by atoms with Gasteiger partial charge in [-0.2, -0.15) is 0 Å². The number of aromatic amines is 1. The third-order valence-corrected chi connectivity index (χ3v) is 5.39. The van der Waals surface area contributed by atoms with E-state index in [0.29, 0.717) is 0 Å². The number of piperidine rings is 1. The maximum Gasteiger partial charge on any atom is 0.326 e. The van der Waals surface area contributed by atoms with Crippen LogP contribution in [0.15, 0.2) is 58.3 Å². The molecular weight excluding hydrogens is 328 g/mol. The summed E-state index contributed by atoms with van der Waals surface area (Å²) in [6.45, 7) is 4.79. The molecule has 0 aliphatic carbocycles. The molecule has 1 fully saturated rings. The molecule has 3 heterocycles. The van der Waals surface area contributed by atoms with Crippen LogP contribution in [0.25, 0.3) is 11.0 Å². The zero-order valence-corrected chi connectivity index (χ0v) is 15.0. The summed E-state index contributed by atoms with van der Waals surface area (Å²) in [5.74, 6) is 0. The second-order valence-electron chi connectivity index (χ2n) is 7.14.